The molecule has 0 aliphatic heterocycles. The molecule has 3 aromatic rings. The fourth-order valence-electron chi connectivity index (χ4n) is 2.74. The van der Waals surface area contributed by atoms with E-state index in [1.54, 1.807) is 13.1 Å². The van der Waals surface area contributed by atoms with Crippen LogP contribution < -0.4 is 0 Å². The van der Waals surface area contributed by atoms with Crippen molar-refractivity contribution in [3.8, 4) is 11.3 Å². The SMILES string of the molecule is CCOC(=O)/C=C/c1c(-c2ccccc2)n(C)c2ncccc12. The van der Waals surface area contributed by atoms with Gasteiger partial charge in [-0.1, -0.05) is 30.3 Å². The normalized spacial score (nSPS) is 11.2. The highest BCUT2D eigenvalue weighted by Crippen LogP contribution is 2.32. The molecule has 0 radical (unpaired) electrons. The molecular formula is C19H18N2O2. The predicted octanol–water partition coefficient (Wildman–Crippen LogP) is 3.82. The lowest BCUT2D eigenvalue weighted by Gasteiger charge is -2.05. The minimum Gasteiger partial charge on any atom is -0.463 e. The number of hydrogen-bond acceptors (Lipinski definition) is 3. The molecule has 2 aromatic heterocycles. The summed E-state index contributed by atoms with van der Waals surface area (Å²) < 4.78 is 7.03. The van der Waals surface area contributed by atoms with Crippen LogP contribution in [0, 0.1) is 0 Å². The van der Waals surface area contributed by atoms with Crippen molar-refractivity contribution in [2.45, 2.75) is 6.92 Å². The highest BCUT2D eigenvalue weighted by Gasteiger charge is 2.15. The summed E-state index contributed by atoms with van der Waals surface area (Å²) in [6, 6.07) is 14.0. The summed E-state index contributed by atoms with van der Waals surface area (Å²) in [5, 5.41) is 1.01. The van der Waals surface area contributed by atoms with E-state index < -0.39 is 0 Å². The summed E-state index contributed by atoms with van der Waals surface area (Å²) in [7, 11) is 1.99. The standard InChI is InChI=1S/C19H18N2O2/c1-3-23-17(22)12-11-15-16-10-7-13-20-19(16)21(2)18(15)14-8-5-4-6-9-14/h4-13H,3H2,1-2H3/b12-11+. The van der Waals surface area contributed by atoms with E-state index in [0.717, 1.165) is 27.9 Å². The van der Waals surface area contributed by atoms with Gasteiger partial charge in [0.2, 0.25) is 0 Å². The summed E-state index contributed by atoms with van der Waals surface area (Å²) in [6.07, 6.45) is 5.05. The molecule has 0 fully saturated rings. The van der Waals surface area contributed by atoms with E-state index in [4.69, 9.17) is 4.74 Å². The molecule has 23 heavy (non-hydrogen) atoms. The molecule has 4 heteroatoms. The van der Waals surface area contributed by atoms with Gasteiger partial charge in [0.15, 0.2) is 0 Å². The van der Waals surface area contributed by atoms with Gasteiger partial charge in [0.25, 0.3) is 0 Å². The number of carbonyl (C=O) groups is 1. The van der Waals surface area contributed by atoms with Crippen LogP contribution in [0.5, 0.6) is 0 Å². The summed E-state index contributed by atoms with van der Waals surface area (Å²) >= 11 is 0. The van der Waals surface area contributed by atoms with E-state index in [-0.39, 0.29) is 5.97 Å². The van der Waals surface area contributed by atoms with Crippen molar-refractivity contribution < 1.29 is 9.53 Å². The maximum atomic E-state index is 11.7. The van der Waals surface area contributed by atoms with E-state index in [2.05, 4.69) is 21.7 Å². The molecule has 0 bridgehead atoms. The van der Waals surface area contributed by atoms with Crippen molar-refractivity contribution in [3.05, 3.63) is 60.3 Å². The molecule has 116 valence electrons. The first-order chi connectivity index (χ1) is 11.2. The van der Waals surface area contributed by atoms with Gasteiger partial charge in [0.05, 0.1) is 12.3 Å². The number of nitrogens with zero attached hydrogens (tertiary/aromatic N) is 2. The molecular weight excluding hydrogens is 288 g/mol. The Labute approximate surface area is 135 Å². The number of aryl methyl sites for hydroxylation is 1. The Morgan fingerprint density at radius 1 is 1.22 bits per heavy atom. The van der Waals surface area contributed by atoms with Gasteiger partial charge in [-0.15, -0.1) is 0 Å². The van der Waals surface area contributed by atoms with Crippen LogP contribution in [0.25, 0.3) is 28.4 Å². The van der Waals surface area contributed by atoms with Gasteiger partial charge in [0.1, 0.15) is 5.65 Å². The number of hydrogen-bond donors (Lipinski definition) is 0. The van der Waals surface area contributed by atoms with E-state index in [1.165, 1.54) is 6.08 Å². The monoisotopic (exact) mass is 306 g/mol. The van der Waals surface area contributed by atoms with Gasteiger partial charge >= 0.3 is 5.97 Å². The third-order valence-electron chi connectivity index (χ3n) is 3.70. The minimum atomic E-state index is -0.340. The highest BCUT2D eigenvalue weighted by molar-refractivity contribution is 5.99. The first-order valence-electron chi connectivity index (χ1n) is 7.56. The molecule has 0 aliphatic rings. The molecule has 0 N–H and O–H groups in total. The third kappa shape index (κ3) is 2.88. The summed E-state index contributed by atoms with van der Waals surface area (Å²) in [6.45, 7) is 2.16. The second-order valence-corrected chi connectivity index (χ2v) is 5.15. The van der Waals surface area contributed by atoms with Crippen molar-refractivity contribution in [1.82, 2.24) is 9.55 Å². The number of fused-ring (bicyclic) bond motifs is 1. The van der Waals surface area contributed by atoms with Crippen LogP contribution in [-0.4, -0.2) is 22.1 Å². The van der Waals surface area contributed by atoms with Crippen LogP contribution in [0.3, 0.4) is 0 Å². The Bertz CT molecular complexity index is 864. The Hall–Kier alpha value is -2.88. The molecule has 1 aromatic carbocycles. The van der Waals surface area contributed by atoms with Gasteiger partial charge in [0, 0.05) is 30.3 Å². The number of pyridine rings is 1. The first-order valence-corrected chi connectivity index (χ1v) is 7.56. The lowest BCUT2D eigenvalue weighted by molar-refractivity contribution is -0.137. The average molecular weight is 306 g/mol. The van der Waals surface area contributed by atoms with Crippen LogP contribution in [0.1, 0.15) is 12.5 Å². The molecule has 0 atom stereocenters. The quantitative estimate of drug-likeness (QED) is 0.544. The Balaban J connectivity index is 2.20. The molecule has 0 spiro atoms. The van der Waals surface area contributed by atoms with Crippen LogP contribution >= 0.6 is 0 Å². The fourth-order valence-corrected chi connectivity index (χ4v) is 2.74. The maximum Gasteiger partial charge on any atom is 0.330 e. The summed E-state index contributed by atoms with van der Waals surface area (Å²) in [4.78, 5) is 16.1. The average Bonchev–Trinajstić information content (AvgIpc) is 2.87. The van der Waals surface area contributed by atoms with Gasteiger partial charge in [-0.2, -0.15) is 0 Å². The first kappa shape index (κ1) is 15.0. The lowest BCUT2D eigenvalue weighted by Crippen LogP contribution is -1.98. The van der Waals surface area contributed by atoms with Crippen molar-refractivity contribution in [3.63, 3.8) is 0 Å². The van der Waals surface area contributed by atoms with Crippen LogP contribution in [0.2, 0.25) is 0 Å². The zero-order chi connectivity index (χ0) is 16.2. The van der Waals surface area contributed by atoms with E-state index >= 15 is 0 Å². The van der Waals surface area contributed by atoms with E-state index in [0.29, 0.717) is 6.61 Å². The third-order valence-corrected chi connectivity index (χ3v) is 3.70. The molecule has 3 rings (SSSR count). The zero-order valence-electron chi connectivity index (χ0n) is 13.2. The van der Waals surface area contributed by atoms with Crippen molar-refractivity contribution in [1.29, 1.82) is 0 Å². The summed E-state index contributed by atoms with van der Waals surface area (Å²) in [5.41, 5.74) is 3.96. The Morgan fingerprint density at radius 3 is 2.74 bits per heavy atom. The van der Waals surface area contributed by atoms with Crippen molar-refractivity contribution in [2.24, 2.45) is 7.05 Å². The van der Waals surface area contributed by atoms with Gasteiger partial charge in [-0.3, -0.25) is 0 Å². The largest absolute Gasteiger partial charge is 0.463 e. The highest BCUT2D eigenvalue weighted by atomic mass is 16.5. The number of benzene rings is 1. The zero-order valence-corrected chi connectivity index (χ0v) is 13.2. The number of rotatable bonds is 4. The van der Waals surface area contributed by atoms with Crippen LogP contribution in [0.15, 0.2) is 54.7 Å². The Morgan fingerprint density at radius 2 is 2.00 bits per heavy atom. The molecule has 4 nitrogen and oxygen atoms in total. The van der Waals surface area contributed by atoms with Gasteiger partial charge in [-0.25, -0.2) is 9.78 Å². The number of aromatic nitrogens is 2. The lowest BCUT2D eigenvalue weighted by atomic mass is 10.1. The second kappa shape index (κ2) is 6.48. The topological polar surface area (TPSA) is 44.1 Å². The smallest absolute Gasteiger partial charge is 0.330 e. The molecule has 2 heterocycles. The predicted molar refractivity (Wildman–Crippen MR) is 91.8 cm³/mol. The number of esters is 1. The molecule has 0 aliphatic carbocycles. The number of carbonyl (C=O) groups excluding carboxylic acids is 1. The minimum absolute atomic E-state index is 0.340. The van der Waals surface area contributed by atoms with E-state index in [1.807, 2.05) is 43.5 Å². The van der Waals surface area contributed by atoms with Crippen molar-refractivity contribution >= 4 is 23.1 Å². The maximum absolute atomic E-state index is 11.7. The van der Waals surface area contributed by atoms with Crippen molar-refractivity contribution in [2.75, 3.05) is 6.61 Å². The van der Waals surface area contributed by atoms with Crippen LogP contribution in [0.4, 0.5) is 0 Å². The molecule has 0 saturated carbocycles. The second-order valence-electron chi connectivity index (χ2n) is 5.15. The molecule has 0 unspecified atom stereocenters. The molecule has 0 saturated heterocycles. The van der Waals surface area contributed by atoms with Crippen LogP contribution in [-0.2, 0) is 16.6 Å². The number of ether oxygens (including phenoxy) is 1. The van der Waals surface area contributed by atoms with Gasteiger partial charge in [-0.05, 0) is 30.7 Å². The summed E-state index contributed by atoms with van der Waals surface area (Å²) in [5.74, 6) is -0.340. The van der Waals surface area contributed by atoms with E-state index in [9.17, 15) is 4.79 Å². The fraction of sp³-hybridized carbons (Fsp3) is 0.158. The Kier molecular flexibility index (Phi) is 4.24. The van der Waals surface area contributed by atoms with Gasteiger partial charge < -0.3 is 9.30 Å². The molecule has 0 amide bonds.